The van der Waals surface area contributed by atoms with Crippen molar-refractivity contribution < 1.29 is 17.9 Å². The van der Waals surface area contributed by atoms with Gasteiger partial charge in [-0.25, -0.2) is 0 Å². The molecule has 4 heteroatoms. The van der Waals surface area contributed by atoms with E-state index in [2.05, 4.69) is 0 Å². The third kappa shape index (κ3) is 1.06. The third-order valence-corrected chi connectivity index (χ3v) is 4.12. The predicted molar refractivity (Wildman–Crippen MR) is 45.8 cm³/mol. The molecule has 0 aromatic rings. The molecule has 0 amide bonds. The fraction of sp³-hybridized carbons (Fsp3) is 1.00. The zero-order valence-corrected chi connectivity index (χ0v) is 8.56. The maximum absolute atomic E-state index is 12.8. The van der Waals surface area contributed by atoms with E-state index in [-0.39, 0.29) is 24.4 Å². The molecule has 2 fully saturated rings. The molecule has 1 nitrogen and oxygen atoms in total. The van der Waals surface area contributed by atoms with Gasteiger partial charge in [0.25, 0.3) is 0 Å². The first-order chi connectivity index (χ1) is 6.27. The van der Waals surface area contributed by atoms with Gasteiger partial charge in [-0.15, -0.1) is 0 Å². The van der Waals surface area contributed by atoms with Crippen molar-refractivity contribution in [3.05, 3.63) is 0 Å². The van der Waals surface area contributed by atoms with E-state index in [1.807, 2.05) is 13.8 Å². The zero-order chi connectivity index (χ0) is 10.7. The quantitative estimate of drug-likeness (QED) is 0.594. The summed E-state index contributed by atoms with van der Waals surface area (Å²) in [7, 11) is 0. The Morgan fingerprint density at radius 1 is 1.21 bits per heavy atom. The first-order valence-electron chi connectivity index (χ1n) is 4.99. The lowest BCUT2D eigenvalue weighted by Gasteiger charge is -2.38. The molecule has 0 N–H and O–H groups in total. The second kappa shape index (κ2) is 2.65. The molecule has 5 unspecified atom stereocenters. The summed E-state index contributed by atoms with van der Waals surface area (Å²) in [5.41, 5.74) is -1.62. The van der Waals surface area contributed by atoms with Crippen LogP contribution in [-0.2, 0) is 4.74 Å². The maximum Gasteiger partial charge on any atom is 0.396 e. The van der Waals surface area contributed by atoms with Crippen LogP contribution in [0.3, 0.4) is 0 Å². The number of fused-ring (bicyclic) bond motifs is 2. The van der Waals surface area contributed by atoms with Crippen molar-refractivity contribution in [2.45, 2.75) is 45.6 Å². The summed E-state index contributed by atoms with van der Waals surface area (Å²) in [6.45, 7) is 5.13. The van der Waals surface area contributed by atoms with E-state index in [9.17, 15) is 13.2 Å². The van der Waals surface area contributed by atoms with Gasteiger partial charge in [0.15, 0.2) is 0 Å². The van der Waals surface area contributed by atoms with Crippen LogP contribution in [0.25, 0.3) is 0 Å². The van der Waals surface area contributed by atoms with Gasteiger partial charge in [0.05, 0.1) is 17.6 Å². The number of alkyl halides is 3. The number of rotatable bonds is 0. The highest BCUT2D eigenvalue weighted by Crippen LogP contribution is 2.59. The molecule has 5 atom stereocenters. The average molecular weight is 208 g/mol. The van der Waals surface area contributed by atoms with Crippen LogP contribution in [0, 0.1) is 17.3 Å². The van der Waals surface area contributed by atoms with Gasteiger partial charge in [-0.1, -0.05) is 13.8 Å². The van der Waals surface area contributed by atoms with Crippen molar-refractivity contribution in [1.29, 1.82) is 0 Å². The van der Waals surface area contributed by atoms with E-state index in [1.54, 1.807) is 0 Å². The zero-order valence-electron chi connectivity index (χ0n) is 8.56. The highest BCUT2D eigenvalue weighted by atomic mass is 19.4. The first-order valence-corrected chi connectivity index (χ1v) is 4.99. The molecule has 2 rings (SSSR count). The van der Waals surface area contributed by atoms with E-state index in [0.717, 1.165) is 0 Å². The van der Waals surface area contributed by atoms with Gasteiger partial charge in [-0.05, 0) is 25.2 Å². The summed E-state index contributed by atoms with van der Waals surface area (Å²) < 4.78 is 43.9. The van der Waals surface area contributed by atoms with Crippen LogP contribution in [0.5, 0.6) is 0 Å². The minimum Gasteiger partial charge on any atom is -0.373 e. The van der Waals surface area contributed by atoms with E-state index < -0.39 is 17.7 Å². The highest BCUT2D eigenvalue weighted by Gasteiger charge is 2.67. The van der Waals surface area contributed by atoms with Crippen molar-refractivity contribution in [2.24, 2.45) is 17.3 Å². The van der Waals surface area contributed by atoms with Crippen LogP contribution in [0.1, 0.15) is 27.2 Å². The molecule has 82 valence electrons. The molecule has 2 aliphatic rings. The fourth-order valence-corrected chi connectivity index (χ4v) is 2.83. The Kier molecular flexibility index (Phi) is 1.95. The Bertz CT molecular complexity index is 248. The SMILES string of the molecule is CC1C2CC(C)(C(F)(F)F)C(O2)C1C. The second-order valence-corrected chi connectivity index (χ2v) is 4.93. The molecule has 0 aromatic carbocycles. The van der Waals surface area contributed by atoms with Gasteiger partial charge < -0.3 is 4.74 Å². The average Bonchev–Trinajstić information content (AvgIpc) is 2.50. The summed E-state index contributed by atoms with van der Waals surface area (Å²) in [6.07, 6.45) is -4.84. The Morgan fingerprint density at radius 2 is 1.79 bits per heavy atom. The van der Waals surface area contributed by atoms with E-state index >= 15 is 0 Å². The van der Waals surface area contributed by atoms with Gasteiger partial charge in [0, 0.05) is 0 Å². The monoisotopic (exact) mass is 208 g/mol. The number of hydrogen-bond acceptors (Lipinski definition) is 1. The Hall–Kier alpha value is -0.250. The van der Waals surface area contributed by atoms with Crippen molar-refractivity contribution >= 4 is 0 Å². The van der Waals surface area contributed by atoms with E-state index in [4.69, 9.17) is 4.74 Å². The number of ether oxygens (including phenoxy) is 1. The molecule has 0 saturated carbocycles. The summed E-state index contributed by atoms with van der Waals surface area (Å²) in [5, 5.41) is 0. The Balaban J connectivity index is 2.28. The van der Waals surface area contributed by atoms with E-state index in [1.165, 1.54) is 6.92 Å². The van der Waals surface area contributed by atoms with Crippen molar-refractivity contribution in [3.63, 3.8) is 0 Å². The second-order valence-electron chi connectivity index (χ2n) is 4.93. The number of halogens is 3. The Labute approximate surface area is 81.6 Å². The van der Waals surface area contributed by atoms with Crippen molar-refractivity contribution in [3.8, 4) is 0 Å². The minimum absolute atomic E-state index is 0.0142. The maximum atomic E-state index is 12.8. The van der Waals surface area contributed by atoms with E-state index in [0.29, 0.717) is 0 Å². The molecule has 0 aliphatic carbocycles. The van der Waals surface area contributed by atoms with Crippen molar-refractivity contribution in [2.75, 3.05) is 0 Å². The molecule has 2 heterocycles. The molecular weight excluding hydrogens is 193 g/mol. The molecule has 0 radical (unpaired) electrons. The van der Waals surface area contributed by atoms with Gasteiger partial charge in [0.1, 0.15) is 0 Å². The van der Waals surface area contributed by atoms with Crippen LogP contribution < -0.4 is 0 Å². The molecule has 2 bridgehead atoms. The van der Waals surface area contributed by atoms with Crippen LogP contribution >= 0.6 is 0 Å². The van der Waals surface area contributed by atoms with Gasteiger partial charge in [0.2, 0.25) is 0 Å². The predicted octanol–water partition coefficient (Wildman–Crippen LogP) is 3.00. The normalized spacial score (nSPS) is 52.7. The molecule has 0 aromatic heterocycles. The molecule has 2 saturated heterocycles. The summed E-state index contributed by atoms with van der Waals surface area (Å²) in [5.74, 6) is 0.274. The standard InChI is InChI=1S/C10H15F3O/c1-5-6(2)8-9(3,10(11,12)13)4-7(5)14-8/h5-8H,4H2,1-3H3. The fourth-order valence-electron chi connectivity index (χ4n) is 2.83. The smallest absolute Gasteiger partial charge is 0.373 e. The van der Waals surface area contributed by atoms with Gasteiger partial charge in [-0.3, -0.25) is 0 Å². The van der Waals surface area contributed by atoms with Crippen LogP contribution in [0.2, 0.25) is 0 Å². The molecule has 0 spiro atoms. The van der Waals surface area contributed by atoms with Gasteiger partial charge >= 0.3 is 6.18 Å². The Morgan fingerprint density at radius 3 is 2.14 bits per heavy atom. The lowest BCUT2D eigenvalue weighted by Crippen LogP contribution is -2.47. The largest absolute Gasteiger partial charge is 0.396 e. The first kappa shape index (κ1) is 10.3. The topological polar surface area (TPSA) is 9.23 Å². The highest BCUT2D eigenvalue weighted by molar-refractivity contribution is 5.07. The van der Waals surface area contributed by atoms with Crippen LogP contribution in [0.15, 0.2) is 0 Å². The van der Waals surface area contributed by atoms with Crippen molar-refractivity contribution in [1.82, 2.24) is 0 Å². The molecule has 2 aliphatic heterocycles. The summed E-state index contributed by atoms with van der Waals surface area (Å²) in [4.78, 5) is 0. The minimum atomic E-state index is -4.14. The molecular formula is C10H15F3O. The third-order valence-electron chi connectivity index (χ3n) is 4.12. The summed E-state index contributed by atoms with van der Waals surface area (Å²) >= 11 is 0. The van der Waals surface area contributed by atoms with Gasteiger partial charge in [-0.2, -0.15) is 13.2 Å². The summed E-state index contributed by atoms with van der Waals surface area (Å²) in [6, 6.07) is 0. The lowest BCUT2D eigenvalue weighted by molar-refractivity contribution is -0.237. The van der Waals surface area contributed by atoms with Crippen LogP contribution in [-0.4, -0.2) is 18.4 Å². The lowest BCUT2D eigenvalue weighted by atomic mass is 9.67. The van der Waals surface area contributed by atoms with Crippen LogP contribution in [0.4, 0.5) is 13.2 Å². The molecule has 14 heavy (non-hydrogen) atoms. The number of hydrogen-bond donors (Lipinski definition) is 0.